The molecule has 0 aliphatic carbocycles. The van der Waals surface area contributed by atoms with Gasteiger partial charge < -0.3 is 5.11 Å². The van der Waals surface area contributed by atoms with E-state index in [2.05, 4.69) is 18.4 Å². The molecule has 0 aromatic rings. The molecule has 15 heavy (non-hydrogen) atoms. The van der Waals surface area contributed by atoms with Crippen LogP contribution in [-0.4, -0.2) is 35.1 Å². The maximum atomic E-state index is 11.1. The second-order valence-corrected chi connectivity index (χ2v) is 4.28. The highest BCUT2D eigenvalue weighted by Gasteiger charge is 2.26. The molecule has 0 radical (unpaired) electrons. The van der Waals surface area contributed by atoms with Crippen molar-refractivity contribution in [3.8, 4) is 0 Å². The number of hydrogen-bond acceptors (Lipinski definition) is 2. The molecule has 3 nitrogen and oxygen atoms in total. The van der Waals surface area contributed by atoms with E-state index in [0.29, 0.717) is 0 Å². The normalized spacial score (nSPS) is 23.4. The molecule has 1 rings (SSSR count). The Morgan fingerprint density at radius 3 is 2.80 bits per heavy atom. The summed E-state index contributed by atoms with van der Waals surface area (Å²) >= 11 is 0. The lowest BCUT2D eigenvalue weighted by Crippen LogP contribution is -2.41. The first-order valence-electron chi connectivity index (χ1n) is 5.78. The summed E-state index contributed by atoms with van der Waals surface area (Å²) in [7, 11) is 0. The van der Waals surface area contributed by atoms with Crippen molar-refractivity contribution in [2.75, 3.05) is 13.1 Å². The molecule has 0 amide bonds. The molecule has 0 saturated carbocycles. The molecule has 0 aromatic heterocycles. The van der Waals surface area contributed by atoms with Gasteiger partial charge in [0.05, 0.1) is 0 Å². The van der Waals surface area contributed by atoms with Gasteiger partial charge in [0.15, 0.2) is 0 Å². The molecule has 1 aliphatic rings. The summed E-state index contributed by atoms with van der Waals surface area (Å²) in [5.74, 6) is -0.680. The van der Waals surface area contributed by atoms with Crippen LogP contribution in [0.5, 0.6) is 0 Å². The number of rotatable bonds is 4. The van der Waals surface area contributed by atoms with Gasteiger partial charge in [0, 0.05) is 6.54 Å². The summed E-state index contributed by atoms with van der Waals surface area (Å²) in [5, 5.41) is 9.15. The minimum Gasteiger partial charge on any atom is -0.480 e. The van der Waals surface area contributed by atoms with Crippen LogP contribution in [0, 0.1) is 0 Å². The fourth-order valence-corrected chi connectivity index (χ4v) is 2.04. The van der Waals surface area contributed by atoms with E-state index < -0.39 is 5.97 Å². The van der Waals surface area contributed by atoms with Gasteiger partial charge in [-0.05, 0) is 25.8 Å². The predicted octanol–water partition coefficient (Wildman–Crippen LogP) is 2.28. The van der Waals surface area contributed by atoms with Crippen LogP contribution in [0.3, 0.4) is 0 Å². The summed E-state index contributed by atoms with van der Waals surface area (Å²) in [5.41, 5.74) is 1.13. The van der Waals surface area contributed by atoms with E-state index >= 15 is 0 Å². The van der Waals surface area contributed by atoms with Gasteiger partial charge in [-0.15, -0.1) is 0 Å². The Balaban J connectivity index is 2.61. The van der Waals surface area contributed by atoms with Crippen LogP contribution in [0.1, 0.15) is 39.0 Å². The summed E-state index contributed by atoms with van der Waals surface area (Å²) in [6.07, 6.45) is 5.01. The first-order chi connectivity index (χ1) is 7.15. The van der Waals surface area contributed by atoms with Crippen molar-refractivity contribution in [3.05, 3.63) is 12.2 Å². The van der Waals surface area contributed by atoms with E-state index in [1.807, 2.05) is 0 Å². The van der Waals surface area contributed by atoms with Crippen molar-refractivity contribution in [3.63, 3.8) is 0 Å². The molecular formula is C12H21NO2. The lowest BCUT2D eigenvalue weighted by Gasteiger charge is -2.27. The Morgan fingerprint density at radius 1 is 1.47 bits per heavy atom. The smallest absolute Gasteiger partial charge is 0.320 e. The zero-order valence-corrected chi connectivity index (χ0v) is 9.54. The van der Waals surface area contributed by atoms with Gasteiger partial charge >= 0.3 is 5.97 Å². The topological polar surface area (TPSA) is 40.5 Å². The molecule has 1 saturated heterocycles. The second kappa shape index (κ2) is 5.91. The molecule has 1 heterocycles. The number of hydrogen-bond donors (Lipinski definition) is 1. The van der Waals surface area contributed by atoms with E-state index in [1.165, 1.54) is 0 Å². The third-order valence-electron chi connectivity index (χ3n) is 3.08. The van der Waals surface area contributed by atoms with Crippen molar-refractivity contribution >= 4 is 5.97 Å². The molecule has 3 heteroatoms. The van der Waals surface area contributed by atoms with Crippen molar-refractivity contribution in [1.29, 1.82) is 0 Å². The van der Waals surface area contributed by atoms with Crippen LogP contribution >= 0.6 is 0 Å². The first-order valence-corrected chi connectivity index (χ1v) is 5.78. The highest BCUT2D eigenvalue weighted by Crippen LogP contribution is 2.18. The zero-order valence-electron chi connectivity index (χ0n) is 9.54. The van der Waals surface area contributed by atoms with Crippen LogP contribution < -0.4 is 0 Å². The van der Waals surface area contributed by atoms with Crippen molar-refractivity contribution in [2.24, 2.45) is 0 Å². The van der Waals surface area contributed by atoms with Gasteiger partial charge in [-0.3, -0.25) is 9.69 Å². The molecule has 1 atom stereocenters. The molecule has 0 spiro atoms. The van der Waals surface area contributed by atoms with Gasteiger partial charge in [0.25, 0.3) is 0 Å². The lowest BCUT2D eigenvalue weighted by atomic mass is 10.1. The van der Waals surface area contributed by atoms with Gasteiger partial charge in [-0.25, -0.2) is 0 Å². The Morgan fingerprint density at radius 2 is 2.20 bits per heavy atom. The van der Waals surface area contributed by atoms with E-state index in [4.69, 9.17) is 5.11 Å². The van der Waals surface area contributed by atoms with E-state index in [-0.39, 0.29) is 6.04 Å². The van der Waals surface area contributed by atoms with Gasteiger partial charge in [-0.2, -0.15) is 0 Å². The predicted molar refractivity (Wildman–Crippen MR) is 60.9 cm³/mol. The molecule has 0 bridgehead atoms. The molecule has 1 fully saturated rings. The zero-order chi connectivity index (χ0) is 11.3. The number of likely N-dealkylation sites (tertiary alicyclic amines) is 1. The average Bonchev–Trinajstić information content (AvgIpc) is 2.43. The molecule has 1 unspecified atom stereocenters. The van der Waals surface area contributed by atoms with Gasteiger partial charge in [-0.1, -0.05) is 31.9 Å². The Bertz CT molecular complexity index is 238. The molecule has 1 aliphatic heterocycles. The van der Waals surface area contributed by atoms with Crippen molar-refractivity contribution in [2.45, 2.75) is 45.1 Å². The van der Waals surface area contributed by atoms with E-state index in [1.54, 1.807) is 0 Å². The number of nitrogens with zero attached hydrogens (tertiary/aromatic N) is 1. The van der Waals surface area contributed by atoms with Crippen LogP contribution in [-0.2, 0) is 4.79 Å². The summed E-state index contributed by atoms with van der Waals surface area (Å²) in [6.45, 7) is 7.66. The molecule has 0 aromatic carbocycles. The summed E-state index contributed by atoms with van der Waals surface area (Å²) in [4.78, 5) is 13.2. The highest BCUT2D eigenvalue weighted by atomic mass is 16.4. The lowest BCUT2D eigenvalue weighted by molar-refractivity contribution is -0.143. The second-order valence-electron chi connectivity index (χ2n) is 4.28. The molecule has 1 N–H and O–H groups in total. The van der Waals surface area contributed by atoms with E-state index in [0.717, 1.165) is 50.8 Å². The Labute approximate surface area is 91.8 Å². The Hall–Kier alpha value is -0.830. The largest absolute Gasteiger partial charge is 0.480 e. The fourth-order valence-electron chi connectivity index (χ4n) is 2.04. The van der Waals surface area contributed by atoms with Crippen molar-refractivity contribution < 1.29 is 9.90 Å². The van der Waals surface area contributed by atoms with Crippen LogP contribution in [0.2, 0.25) is 0 Å². The fraction of sp³-hybridized carbons (Fsp3) is 0.750. The Kier molecular flexibility index (Phi) is 4.82. The average molecular weight is 211 g/mol. The third-order valence-corrected chi connectivity index (χ3v) is 3.08. The SMILES string of the molecule is C=C(CC)CN1CCCCCC1C(=O)O. The highest BCUT2D eigenvalue weighted by molar-refractivity contribution is 5.73. The quantitative estimate of drug-likeness (QED) is 0.725. The number of aliphatic carboxylic acids is 1. The molecular weight excluding hydrogens is 190 g/mol. The van der Waals surface area contributed by atoms with E-state index in [9.17, 15) is 4.79 Å². The standard InChI is InChI=1S/C12H21NO2/c1-3-10(2)9-13-8-6-4-5-7-11(13)12(14)15/h11H,2-9H2,1H3,(H,14,15). The summed E-state index contributed by atoms with van der Waals surface area (Å²) in [6, 6.07) is -0.296. The molecule has 86 valence electrons. The first kappa shape index (κ1) is 12.2. The summed E-state index contributed by atoms with van der Waals surface area (Å²) < 4.78 is 0. The maximum Gasteiger partial charge on any atom is 0.320 e. The maximum absolute atomic E-state index is 11.1. The van der Waals surface area contributed by atoms with Crippen LogP contribution in [0.4, 0.5) is 0 Å². The minimum atomic E-state index is -0.680. The number of carboxylic acids is 1. The van der Waals surface area contributed by atoms with Gasteiger partial charge in [0.1, 0.15) is 6.04 Å². The minimum absolute atomic E-state index is 0.296. The van der Waals surface area contributed by atoms with Crippen LogP contribution in [0.25, 0.3) is 0 Å². The van der Waals surface area contributed by atoms with Crippen molar-refractivity contribution in [1.82, 2.24) is 4.90 Å². The monoisotopic (exact) mass is 211 g/mol. The third kappa shape index (κ3) is 3.67. The number of carbonyl (C=O) groups is 1. The van der Waals surface area contributed by atoms with Gasteiger partial charge in [0.2, 0.25) is 0 Å². The van der Waals surface area contributed by atoms with Crippen LogP contribution in [0.15, 0.2) is 12.2 Å². The number of carboxylic acid groups (broad SMARTS) is 1.